The van der Waals surface area contributed by atoms with Crippen LogP contribution in [0.25, 0.3) is 17.1 Å². The van der Waals surface area contributed by atoms with E-state index in [0.29, 0.717) is 22.5 Å². The summed E-state index contributed by atoms with van der Waals surface area (Å²) in [5, 5.41) is 9.33. The summed E-state index contributed by atoms with van der Waals surface area (Å²) in [6.07, 6.45) is 1.23. The zero-order valence-corrected chi connectivity index (χ0v) is 17.0. The molecule has 1 aromatic heterocycles. The van der Waals surface area contributed by atoms with Crippen LogP contribution in [0.5, 0.6) is 5.75 Å². The monoisotopic (exact) mass is 403 g/mol. The Morgan fingerprint density at radius 1 is 1.07 bits per heavy atom. The van der Waals surface area contributed by atoms with Gasteiger partial charge >= 0.3 is 0 Å². The number of nitrogens with zero attached hydrogens (tertiary/aromatic N) is 3. The normalized spacial score (nSPS) is 11.5. The molecule has 0 atom stereocenters. The first kappa shape index (κ1) is 19.4. The molecule has 1 heterocycles. The van der Waals surface area contributed by atoms with Crippen LogP contribution in [0.4, 0.5) is 0 Å². The van der Waals surface area contributed by atoms with Crippen molar-refractivity contribution in [2.45, 2.75) is 12.1 Å². The number of para-hydroxylation sites is 1. The fourth-order valence-corrected chi connectivity index (χ4v) is 4.72. The van der Waals surface area contributed by atoms with Crippen LogP contribution in [-0.2, 0) is 9.84 Å². The smallest absolute Gasteiger partial charge is 0.196 e. The van der Waals surface area contributed by atoms with Gasteiger partial charge < -0.3 is 4.74 Å². The number of benzene rings is 2. The Balaban J connectivity index is 2.07. The third-order valence-corrected chi connectivity index (χ3v) is 6.09. The molecule has 3 rings (SSSR count). The maximum Gasteiger partial charge on any atom is 0.196 e. The SMILES string of the molecule is COc1ccccc1-c1nnc(SCCS(C)(=O)=O)n1-c1ccc(C)cc1. The van der Waals surface area contributed by atoms with E-state index in [2.05, 4.69) is 10.2 Å². The van der Waals surface area contributed by atoms with Gasteiger partial charge in [-0.25, -0.2) is 8.42 Å². The van der Waals surface area contributed by atoms with Crippen LogP contribution in [0, 0.1) is 6.92 Å². The minimum atomic E-state index is -3.03. The summed E-state index contributed by atoms with van der Waals surface area (Å²) in [6, 6.07) is 15.7. The molecular weight excluding hydrogens is 382 g/mol. The molecule has 0 aliphatic carbocycles. The molecule has 0 radical (unpaired) electrons. The number of hydrogen-bond acceptors (Lipinski definition) is 6. The van der Waals surface area contributed by atoms with Crippen molar-refractivity contribution in [1.82, 2.24) is 14.8 Å². The van der Waals surface area contributed by atoms with Crippen LogP contribution in [0.1, 0.15) is 5.56 Å². The lowest BCUT2D eigenvalue weighted by Gasteiger charge is -2.12. The van der Waals surface area contributed by atoms with Crippen molar-refractivity contribution in [3.63, 3.8) is 0 Å². The third kappa shape index (κ3) is 4.70. The van der Waals surface area contributed by atoms with Crippen LogP contribution >= 0.6 is 11.8 Å². The Labute approximate surface area is 163 Å². The van der Waals surface area contributed by atoms with Crippen molar-refractivity contribution >= 4 is 21.6 Å². The van der Waals surface area contributed by atoms with Gasteiger partial charge in [-0.05, 0) is 31.2 Å². The molecule has 2 aromatic carbocycles. The fourth-order valence-electron chi connectivity index (χ4n) is 2.58. The van der Waals surface area contributed by atoms with E-state index < -0.39 is 9.84 Å². The van der Waals surface area contributed by atoms with Gasteiger partial charge in [0.25, 0.3) is 0 Å². The second-order valence-electron chi connectivity index (χ2n) is 6.16. The van der Waals surface area contributed by atoms with Gasteiger partial charge in [0, 0.05) is 17.7 Å². The zero-order valence-electron chi connectivity index (χ0n) is 15.4. The Bertz CT molecular complexity index is 1030. The highest BCUT2D eigenvalue weighted by molar-refractivity contribution is 8.00. The zero-order chi connectivity index (χ0) is 19.4. The highest BCUT2D eigenvalue weighted by atomic mass is 32.2. The van der Waals surface area contributed by atoms with Gasteiger partial charge in [0.05, 0.1) is 18.4 Å². The lowest BCUT2D eigenvalue weighted by Crippen LogP contribution is -2.06. The molecule has 0 N–H and O–H groups in total. The van der Waals surface area contributed by atoms with E-state index in [-0.39, 0.29) is 5.75 Å². The van der Waals surface area contributed by atoms with Crippen molar-refractivity contribution < 1.29 is 13.2 Å². The summed E-state index contributed by atoms with van der Waals surface area (Å²) < 4.78 is 30.3. The predicted molar refractivity (Wildman–Crippen MR) is 109 cm³/mol. The van der Waals surface area contributed by atoms with Crippen LogP contribution in [0.2, 0.25) is 0 Å². The minimum absolute atomic E-state index is 0.0857. The average Bonchev–Trinajstić information content (AvgIpc) is 3.05. The molecule has 0 bridgehead atoms. The molecule has 0 amide bonds. The summed E-state index contributed by atoms with van der Waals surface area (Å²) in [6.45, 7) is 2.03. The van der Waals surface area contributed by atoms with Crippen LogP contribution in [-0.4, -0.2) is 48.1 Å². The van der Waals surface area contributed by atoms with Gasteiger partial charge in [0.2, 0.25) is 0 Å². The Morgan fingerprint density at radius 2 is 1.78 bits per heavy atom. The number of aryl methyl sites for hydroxylation is 1. The Morgan fingerprint density at radius 3 is 2.44 bits per heavy atom. The van der Waals surface area contributed by atoms with E-state index >= 15 is 0 Å². The summed E-state index contributed by atoms with van der Waals surface area (Å²) in [7, 11) is -1.41. The molecule has 3 aromatic rings. The van der Waals surface area contributed by atoms with Gasteiger partial charge in [-0.2, -0.15) is 0 Å². The average molecular weight is 404 g/mol. The van der Waals surface area contributed by atoms with Crippen LogP contribution in [0.3, 0.4) is 0 Å². The molecule has 0 spiro atoms. The first-order valence-electron chi connectivity index (χ1n) is 8.35. The van der Waals surface area contributed by atoms with E-state index in [1.807, 2.05) is 60.0 Å². The number of rotatable bonds is 7. The summed E-state index contributed by atoms with van der Waals surface area (Å²) in [4.78, 5) is 0. The maximum atomic E-state index is 11.5. The number of methoxy groups -OCH3 is 1. The van der Waals surface area contributed by atoms with Gasteiger partial charge in [-0.15, -0.1) is 10.2 Å². The largest absolute Gasteiger partial charge is 0.496 e. The second kappa shape index (κ2) is 8.14. The fraction of sp³-hybridized carbons (Fsp3) is 0.263. The predicted octanol–water partition coefficient (Wildman–Crippen LogP) is 3.39. The molecular formula is C19H21N3O3S2. The van der Waals surface area contributed by atoms with Gasteiger partial charge in [-0.3, -0.25) is 4.57 Å². The maximum absolute atomic E-state index is 11.5. The first-order valence-corrected chi connectivity index (χ1v) is 11.4. The molecule has 0 aliphatic rings. The Hall–Kier alpha value is -2.32. The lowest BCUT2D eigenvalue weighted by molar-refractivity contribution is 0.416. The number of ether oxygens (including phenoxy) is 1. The lowest BCUT2D eigenvalue weighted by atomic mass is 10.1. The molecule has 6 nitrogen and oxygen atoms in total. The van der Waals surface area contributed by atoms with E-state index in [0.717, 1.165) is 16.8 Å². The quantitative estimate of drug-likeness (QED) is 0.563. The number of hydrogen-bond donors (Lipinski definition) is 0. The van der Waals surface area contributed by atoms with Crippen LogP contribution < -0.4 is 4.74 Å². The highest BCUT2D eigenvalue weighted by Gasteiger charge is 2.19. The van der Waals surface area contributed by atoms with E-state index in [9.17, 15) is 8.42 Å². The van der Waals surface area contributed by atoms with Crippen molar-refractivity contribution in [3.8, 4) is 22.8 Å². The number of sulfone groups is 1. The summed E-state index contributed by atoms with van der Waals surface area (Å²) in [5.41, 5.74) is 2.88. The highest BCUT2D eigenvalue weighted by Crippen LogP contribution is 2.33. The van der Waals surface area contributed by atoms with Crippen LogP contribution in [0.15, 0.2) is 53.7 Å². The third-order valence-electron chi connectivity index (χ3n) is 3.96. The first-order chi connectivity index (χ1) is 12.9. The van der Waals surface area contributed by atoms with Crippen molar-refractivity contribution in [1.29, 1.82) is 0 Å². The van der Waals surface area contributed by atoms with E-state index in [1.165, 1.54) is 18.0 Å². The summed E-state index contributed by atoms with van der Waals surface area (Å²) in [5.74, 6) is 1.85. The van der Waals surface area contributed by atoms with Crippen molar-refractivity contribution in [3.05, 3.63) is 54.1 Å². The summed E-state index contributed by atoms with van der Waals surface area (Å²) >= 11 is 1.37. The van der Waals surface area contributed by atoms with Gasteiger partial charge in [-0.1, -0.05) is 41.6 Å². The second-order valence-corrected chi connectivity index (χ2v) is 9.48. The minimum Gasteiger partial charge on any atom is -0.496 e. The van der Waals surface area contributed by atoms with Gasteiger partial charge in [0.15, 0.2) is 11.0 Å². The molecule has 142 valence electrons. The molecule has 27 heavy (non-hydrogen) atoms. The van der Waals surface area contributed by atoms with Gasteiger partial charge in [0.1, 0.15) is 15.6 Å². The molecule has 0 saturated carbocycles. The molecule has 8 heteroatoms. The van der Waals surface area contributed by atoms with E-state index in [1.54, 1.807) is 7.11 Å². The Kier molecular flexibility index (Phi) is 5.86. The number of thioether (sulfide) groups is 1. The molecule has 0 fully saturated rings. The standard InChI is InChI=1S/C19H21N3O3S2/c1-14-8-10-15(11-9-14)22-18(16-6-4-5-7-17(16)25-2)20-21-19(22)26-12-13-27(3,23)24/h4-11H,12-13H2,1-3H3. The topological polar surface area (TPSA) is 74.1 Å². The molecule has 0 saturated heterocycles. The molecule has 0 aliphatic heterocycles. The molecule has 0 unspecified atom stereocenters. The van der Waals surface area contributed by atoms with Crippen molar-refractivity contribution in [2.24, 2.45) is 0 Å². The number of aromatic nitrogens is 3. The van der Waals surface area contributed by atoms with Crippen molar-refractivity contribution in [2.75, 3.05) is 24.9 Å². The van der Waals surface area contributed by atoms with E-state index in [4.69, 9.17) is 4.74 Å².